The van der Waals surface area contributed by atoms with Crippen molar-refractivity contribution in [1.82, 2.24) is 0 Å². The quantitative estimate of drug-likeness (QED) is 0.837. The lowest BCUT2D eigenvalue weighted by Gasteiger charge is -2.18. The molecule has 102 valence electrons. The lowest BCUT2D eigenvalue weighted by atomic mass is 9.94. The van der Waals surface area contributed by atoms with E-state index < -0.39 is 10.0 Å². The van der Waals surface area contributed by atoms with Crippen LogP contribution in [-0.4, -0.2) is 14.2 Å². The summed E-state index contributed by atoms with van der Waals surface area (Å²) in [6, 6.07) is 4.87. The molecule has 0 fully saturated rings. The third kappa shape index (κ3) is 4.74. The van der Waals surface area contributed by atoms with E-state index in [1.165, 1.54) is 0 Å². The van der Waals surface area contributed by atoms with Crippen molar-refractivity contribution < 1.29 is 8.42 Å². The summed E-state index contributed by atoms with van der Waals surface area (Å²) >= 11 is 5.92. The van der Waals surface area contributed by atoms with Crippen LogP contribution in [0.1, 0.15) is 27.2 Å². The van der Waals surface area contributed by atoms with Gasteiger partial charge in [-0.1, -0.05) is 38.4 Å². The number of halogens is 1. The van der Waals surface area contributed by atoms with Crippen molar-refractivity contribution in [2.24, 2.45) is 5.41 Å². The molecule has 0 aliphatic heterocycles. The smallest absolute Gasteiger partial charge is 0.232 e. The van der Waals surface area contributed by atoms with Gasteiger partial charge in [-0.05, 0) is 24.0 Å². The summed E-state index contributed by atoms with van der Waals surface area (Å²) in [5.41, 5.74) is 6.24. The molecule has 4 nitrogen and oxygen atoms in total. The highest BCUT2D eigenvalue weighted by Crippen LogP contribution is 2.29. The van der Waals surface area contributed by atoms with Crippen LogP contribution in [0.2, 0.25) is 5.02 Å². The highest BCUT2D eigenvalue weighted by atomic mass is 35.5. The third-order valence-electron chi connectivity index (χ3n) is 2.42. The van der Waals surface area contributed by atoms with Gasteiger partial charge in [0.1, 0.15) is 0 Å². The molecule has 0 saturated carbocycles. The normalized spacial score (nSPS) is 12.4. The van der Waals surface area contributed by atoms with Crippen molar-refractivity contribution in [3.63, 3.8) is 0 Å². The number of nitrogens with two attached hydrogens (primary N) is 1. The third-order valence-corrected chi connectivity index (χ3v) is 4.00. The van der Waals surface area contributed by atoms with Crippen molar-refractivity contribution in [3.8, 4) is 0 Å². The number of hydrogen-bond donors (Lipinski definition) is 2. The maximum Gasteiger partial charge on any atom is 0.232 e. The maximum absolute atomic E-state index is 11.9. The van der Waals surface area contributed by atoms with Crippen LogP contribution in [0, 0.1) is 5.41 Å². The van der Waals surface area contributed by atoms with Gasteiger partial charge in [0.2, 0.25) is 10.0 Å². The fraction of sp³-hybridized carbons (Fsp3) is 0.500. The molecule has 0 spiro atoms. The van der Waals surface area contributed by atoms with Crippen LogP contribution in [0.15, 0.2) is 18.2 Å². The van der Waals surface area contributed by atoms with E-state index in [4.69, 9.17) is 17.3 Å². The standard InChI is InChI=1S/C12H19ClN2O2S/c1-12(2,3)7-8-18(16,17)15-11-9(13)5-4-6-10(11)14/h4-6,15H,7-8,14H2,1-3H3. The summed E-state index contributed by atoms with van der Waals surface area (Å²) in [6.45, 7) is 5.98. The molecule has 0 aromatic heterocycles. The van der Waals surface area contributed by atoms with Gasteiger partial charge < -0.3 is 5.73 Å². The van der Waals surface area contributed by atoms with Crippen molar-refractivity contribution in [1.29, 1.82) is 0 Å². The topological polar surface area (TPSA) is 72.2 Å². The summed E-state index contributed by atoms with van der Waals surface area (Å²) in [6.07, 6.45) is 0.562. The van der Waals surface area contributed by atoms with Crippen LogP contribution < -0.4 is 10.5 Å². The van der Waals surface area contributed by atoms with Gasteiger partial charge in [0.15, 0.2) is 0 Å². The highest BCUT2D eigenvalue weighted by Gasteiger charge is 2.19. The second-order valence-corrected chi connectivity index (χ2v) is 7.68. The maximum atomic E-state index is 11.9. The monoisotopic (exact) mass is 290 g/mol. The summed E-state index contributed by atoms with van der Waals surface area (Å²) in [5, 5.41) is 0.300. The van der Waals surface area contributed by atoms with Crippen LogP contribution in [0.5, 0.6) is 0 Å². The molecule has 3 N–H and O–H groups in total. The van der Waals surface area contributed by atoms with Crippen molar-refractivity contribution >= 4 is 33.0 Å². The Morgan fingerprint density at radius 3 is 2.44 bits per heavy atom. The molecule has 0 aliphatic carbocycles. The van der Waals surface area contributed by atoms with Crippen LogP contribution >= 0.6 is 11.6 Å². The Kier molecular flexibility index (Phi) is 4.50. The van der Waals surface area contributed by atoms with Crippen molar-refractivity contribution in [2.75, 3.05) is 16.2 Å². The van der Waals surface area contributed by atoms with Crippen LogP contribution in [0.3, 0.4) is 0 Å². The SMILES string of the molecule is CC(C)(C)CCS(=O)(=O)Nc1c(N)cccc1Cl. The second kappa shape index (κ2) is 5.36. The van der Waals surface area contributed by atoms with Gasteiger partial charge in [0, 0.05) is 0 Å². The number of anilines is 2. The molecule has 6 heteroatoms. The Hall–Kier alpha value is -0.940. The molecule has 0 atom stereocenters. The van der Waals surface area contributed by atoms with Gasteiger partial charge >= 0.3 is 0 Å². The van der Waals surface area contributed by atoms with E-state index in [0.29, 0.717) is 17.1 Å². The van der Waals surface area contributed by atoms with E-state index in [0.717, 1.165) is 0 Å². The zero-order chi connectivity index (χ0) is 14.0. The zero-order valence-corrected chi connectivity index (χ0v) is 12.4. The van der Waals surface area contributed by atoms with E-state index in [9.17, 15) is 8.42 Å². The van der Waals surface area contributed by atoms with E-state index in [2.05, 4.69) is 4.72 Å². The lowest BCUT2D eigenvalue weighted by Crippen LogP contribution is -2.21. The van der Waals surface area contributed by atoms with E-state index in [1.807, 2.05) is 20.8 Å². The molecule has 1 rings (SSSR count). The minimum absolute atomic E-state index is 0.0409. The van der Waals surface area contributed by atoms with Crippen molar-refractivity contribution in [2.45, 2.75) is 27.2 Å². The van der Waals surface area contributed by atoms with Gasteiger partial charge in [-0.25, -0.2) is 8.42 Å². The minimum atomic E-state index is -3.43. The summed E-state index contributed by atoms with van der Waals surface area (Å²) in [4.78, 5) is 0. The van der Waals surface area contributed by atoms with Crippen LogP contribution in [-0.2, 0) is 10.0 Å². The molecular formula is C12H19ClN2O2S. The predicted octanol–water partition coefficient (Wildman–Crippen LogP) is 3.10. The first-order chi connectivity index (χ1) is 8.11. The fourth-order valence-electron chi connectivity index (χ4n) is 1.30. The highest BCUT2D eigenvalue weighted by molar-refractivity contribution is 7.92. The Bertz CT molecular complexity index is 501. The van der Waals surface area contributed by atoms with E-state index >= 15 is 0 Å². The first kappa shape index (κ1) is 15.1. The summed E-state index contributed by atoms with van der Waals surface area (Å²) in [5.74, 6) is 0.0428. The molecule has 0 unspecified atom stereocenters. The molecule has 1 aromatic rings. The van der Waals surface area contributed by atoms with Gasteiger partial charge in [-0.2, -0.15) is 0 Å². The van der Waals surface area contributed by atoms with Gasteiger partial charge in [0.25, 0.3) is 0 Å². The fourth-order valence-corrected chi connectivity index (χ4v) is 3.10. The molecule has 0 amide bonds. The second-order valence-electron chi connectivity index (χ2n) is 5.44. The first-order valence-corrected chi connectivity index (χ1v) is 7.68. The largest absolute Gasteiger partial charge is 0.397 e. The molecule has 18 heavy (non-hydrogen) atoms. The molecule has 0 saturated heterocycles. The number of hydrogen-bond acceptors (Lipinski definition) is 3. The average Bonchev–Trinajstić information content (AvgIpc) is 2.20. The Labute approximate surface area is 114 Å². The van der Waals surface area contributed by atoms with Crippen LogP contribution in [0.4, 0.5) is 11.4 Å². The van der Waals surface area contributed by atoms with Crippen LogP contribution in [0.25, 0.3) is 0 Å². The molecular weight excluding hydrogens is 272 g/mol. The zero-order valence-electron chi connectivity index (χ0n) is 10.8. The number of benzene rings is 1. The number of nitrogen functional groups attached to an aromatic ring is 1. The number of rotatable bonds is 4. The van der Waals surface area contributed by atoms with E-state index in [1.54, 1.807) is 18.2 Å². The Morgan fingerprint density at radius 1 is 1.33 bits per heavy atom. The number of sulfonamides is 1. The molecule has 1 aromatic carbocycles. The van der Waals surface area contributed by atoms with Gasteiger partial charge in [0.05, 0.1) is 22.2 Å². The molecule has 0 bridgehead atoms. The predicted molar refractivity (Wildman–Crippen MR) is 77.3 cm³/mol. The Morgan fingerprint density at radius 2 is 1.94 bits per heavy atom. The molecule has 0 aliphatic rings. The summed E-state index contributed by atoms with van der Waals surface area (Å²) < 4.78 is 26.3. The van der Waals surface area contributed by atoms with Gasteiger partial charge in [-0.3, -0.25) is 4.72 Å². The summed E-state index contributed by atoms with van der Waals surface area (Å²) in [7, 11) is -3.43. The van der Waals surface area contributed by atoms with Gasteiger partial charge in [-0.15, -0.1) is 0 Å². The number of para-hydroxylation sites is 1. The first-order valence-electron chi connectivity index (χ1n) is 5.65. The minimum Gasteiger partial charge on any atom is -0.397 e. The number of nitrogens with one attached hydrogen (secondary N) is 1. The molecule has 0 heterocycles. The average molecular weight is 291 g/mol. The van der Waals surface area contributed by atoms with E-state index in [-0.39, 0.29) is 16.9 Å². The molecule has 0 radical (unpaired) electrons. The van der Waals surface area contributed by atoms with Crippen molar-refractivity contribution in [3.05, 3.63) is 23.2 Å². The lowest BCUT2D eigenvalue weighted by molar-refractivity contribution is 0.397. The Balaban J connectivity index is 2.84.